The molecule has 17 heavy (non-hydrogen) atoms. The lowest BCUT2D eigenvalue weighted by molar-refractivity contribution is -0.133. The van der Waals surface area contributed by atoms with Crippen LogP contribution in [0.25, 0.3) is 0 Å². The van der Waals surface area contributed by atoms with Crippen molar-refractivity contribution in [2.24, 2.45) is 0 Å². The normalized spacial score (nSPS) is 23.5. The van der Waals surface area contributed by atoms with Gasteiger partial charge in [0.2, 0.25) is 5.91 Å². The molecular weight excluding hydrogens is 232 g/mol. The van der Waals surface area contributed by atoms with Crippen molar-refractivity contribution < 1.29 is 4.79 Å². The SMILES string of the molecule is O=C(C1CSCN1)N1CCc2ccccc2C1. The van der Waals surface area contributed by atoms with Gasteiger partial charge in [0, 0.05) is 24.7 Å². The first kappa shape index (κ1) is 11.1. The largest absolute Gasteiger partial charge is 0.337 e. The highest BCUT2D eigenvalue weighted by Gasteiger charge is 2.29. The Morgan fingerprint density at radius 2 is 2.18 bits per heavy atom. The van der Waals surface area contributed by atoms with E-state index in [1.807, 2.05) is 4.90 Å². The van der Waals surface area contributed by atoms with Crippen LogP contribution in [0.4, 0.5) is 0 Å². The lowest BCUT2D eigenvalue weighted by Gasteiger charge is -2.30. The van der Waals surface area contributed by atoms with Gasteiger partial charge in [-0.2, -0.15) is 0 Å². The summed E-state index contributed by atoms with van der Waals surface area (Å²) >= 11 is 1.80. The van der Waals surface area contributed by atoms with Gasteiger partial charge >= 0.3 is 0 Å². The van der Waals surface area contributed by atoms with Gasteiger partial charge in [-0.15, -0.1) is 11.8 Å². The van der Waals surface area contributed by atoms with E-state index in [1.54, 1.807) is 11.8 Å². The number of hydrogen-bond acceptors (Lipinski definition) is 3. The van der Waals surface area contributed by atoms with Crippen molar-refractivity contribution in [2.75, 3.05) is 18.2 Å². The van der Waals surface area contributed by atoms with Gasteiger partial charge in [-0.1, -0.05) is 24.3 Å². The first-order chi connectivity index (χ1) is 8.34. The third-order valence-electron chi connectivity index (χ3n) is 3.46. The zero-order valence-electron chi connectivity index (χ0n) is 9.69. The number of fused-ring (bicyclic) bond motifs is 1. The van der Waals surface area contributed by atoms with Gasteiger partial charge in [-0.3, -0.25) is 10.1 Å². The number of benzene rings is 1. The molecule has 0 radical (unpaired) electrons. The number of nitrogens with one attached hydrogen (secondary N) is 1. The molecule has 1 aromatic rings. The predicted molar refractivity (Wildman–Crippen MR) is 69.8 cm³/mol. The van der Waals surface area contributed by atoms with Crippen LogP contribution in [0.3, 0.4) is 0 Å². The summed E-state index contributed by atoms with van der Waals surface area (Å²) in [5.41, 5.74) is 2.70. The van der Waals surface area contributed by atoms with E-state index in [2.05, 4.69) is 29.6 Å². The van der Waals surface area contributed by atoms with E-state index < -0.39 is 0 Å². The maximum Gasteiger partial charge on any atom is 0.240 e. The Morgan fingerprint density at radius 3 is 2.94 bits per heavy atom. The second kappa shape index (κ2) is 4.70. The van der Waals surface area contributed by atoms with E-state index in [9.17, 15) is 4.79 Å². The van der Waals surface area contributed by atoms with E-state index >= 15 is 0 Å². The third kappa shape index (κ3) is 2.19. The number of hydrogen-bond donors (Lipinski definition) is 1. The summed E-state index contributed by atoms with van der Waals surface area (Å²) in [4.78, 5) is 14.3. The second-order valence-corrected chi connectivity index (χ2v) is 5.58. The number of carbonyl (C=O) groups excluding carboxylic acids is 1. The summed E-state index contributed by atoms with van der Waals surface area (Å²) in [6.07, 6.45) is 0.988. The topological polar surface area (TPSA) is 32.3 Å². The number of thioether (sulfide) groups is 1. The Kier molecular flexibility index (Phi) is 3.07. The molecule has 0 saturated carbocycles. The molecule has 2 aliphatic rings. The van der Waals surface area contributed by atoms with Crippen LogP contribution in [0.2, 0.25) is 0 Å². The predicted octanol–water partition coefficient (Wildman–Crippen LogP) is 1.23. The number of rotatable bonds is 1. The van der Waals surface area contributed by atoms with E-state index in [0.29, 0.717) is 0 Å². The van der Waals surface area contributed by atoms with Crippen molar-refractivity contribution in [1.82, 2.24) is 10.2 Å². The van der Waals surface area contributed by atoms with Crippen LogP contribution in [0.15, 0.2) is 24.3 Å². The molecular formula is C13H16N2OS. The van der Waals surface area contributed by atoms with Crippen LogP contribution in [0, 0.1) is 0 Å². The number of amides is 1. The molecule has 3 nitrogen and oxygen atoms in total. The molecule has 1 aromatic carbocycles. The van der Waals surface area contributed by atoms with Gasteiger partial charge in [-0.05, 0) is 17.5 Å². The van der Waals surface area contributed by atoms with Crippen molar-refractivity contribution in [1.29, 1.82) is 0 Å². The van der Waals surface area contributed by atoms with Gasteiger partial charge in [-0.25, -0.2) is 0 Å². The molecule has 1 amide bonds. The maximum atomic E-state index is 12.3. The number of carbonyl (C=O) groups is 1. The van der Waals surface area contributed by atoms with Gasteiger partial charge in [0.05, 0.1) is 6.04 Å². The molecule has 1 atom stereocenters. The zero-order chi connectivity index (χ0) is 11.7. The molecule has 1 saturated heterocycles. The molecule has 0 aliphatic carbocycles. The van der Waals surface area contributed by atoms with Crippen LogP contribution >= 0.6 is 11.8 Å². The molecule has 4 heteroatoms. The standard InChI is InChI=1S/C13H16N2OS/c16-13(12-8-17-9-14-12)15-6-5-10-3-1-2-4-11(10)7-15/h1-4,12,14H,5-9H2. The first-order valence-electron chi connectivity index (χ1n) is 6.01. The van der Waals surface area contributed by atoms with Crippen molar-refractivity contribution in [3.05, 3.63) is 35.4 Å². The summed E-state index contributed by atoms with van der Waals surface area (Å²) in [7, 11) is 0. The number of nitrogens with zero attached hydrogens (tertiary/aromatic N) is 1. The fourth-order valence-corrected chi connectivity index (χ4v) is 3.39. The molecule has 0 bridgehead atoms. The van der Waals surface area contributed by atoms with Gasteiger partial charge in [0.25, 0.3) is 0 Å². The Morgan fingerprint density at radius 1 is 1.35 bits per heavy atom. The van der Waals surface area contributed by atoms with Crippen molar-refractivity contribution >= 4 is 17.7 Å². The monoisotopic (exact) mass is 248 g/mol. The minimum atomic E-state index is 0.0327. The molecule has 1 N–H and O–H groups in total. The first-order valence-corrected chi connectivity index (χ1v) is 7.17. The van der Waals surface area contributed by atoms with Gasteiger partial charge in [0.15, 0.2) is 0 Å². The molecule has 1 unspecified atom stereocenters. The minimum Gasteiger partial charge on any atom is -0.337 e. The average Bonchev–Trinajstić information content (AvgIpc) is 2.91. The second-order valence-electron chi connectivity index (χ2n) is 4.55. The van der Waals surface area contributed by atoms with E-state index in [-0.39, 0.29) is 11.9 Å². The summed E-state index contributed by atoms with van der Waals surface area (Å²) in [5.74, 6) is 2.09. The highest BCUT2D eigenvalue weighted by molar-refractivity contribution is 7.99. The Labute approximate surface area is 106 Å². The lowest BCUT2D eigenvalue weighted by Crippen LogP contribution is -2.46. The summed E-state index contributed by atoms with van der Waals surface area (Å²) in [5, 5.41) is 3.25. The van der Waals surface area contributed by atoms with Gasteiger partial charge < -0.3 is 4.90 Å². The van der Waals surface area contributed by atoms with Crippen molar-refractivity contribution in [2.45, 2.75) is 19.0 Å². The van der Waals surface area contributed by atoms with E-state index in [0.717, 1.165) is 31.1 Å². The molecule has 1 fully saturated rings. The van der Waals surface area contributed by atoms with E-state index in [4.69, 9.17) is 0 Å². The Balaban J connectivity index is 1.73. The quantitative estimate of drug-likeness (QED) is 0.811. The van der Waals surface area contributed by atoms with Crippen LogP contribution in [-0.4, -0.2) is 35.0 Å². The van der Waals surface area contributed by atoms with Crippen LogP contribution in [0.5, 0.6) is 0 Å². The third-order valence-corrected chi connectivity index (χ3v) is 4.40. The Hall–Kier alpha value is -1.00. The average molecular weight is 248 g/mol. The summed E-state index contributed by atoms with van der Waals surface area (Å²) in [6.45, 7) is 1.64. The van der Waals surface area contributed by atoms with E-state index in [1.165, 1.54) is 11.1 Å². The van der Waals surface area contributed by atoms with Crippen LogP contribution < -0.4 is 5.32 Å². The lowest BCUT2D eigenvalue weighted by atomic mass is 9.99. The highest BCUT2D eigenvalue weighted by Crippen LogP contribution is 2.20. The molecule has 0 aromatic heterocycles. The molecule has 90 valence electrons. The molecule has 2 heterocycles. The minimum absolute atomic E-state index is 0.0327. The smallest absolute Gasteiger partial charge is 0.240 e. The molecule has 0 spiro atoms. The van der Waals surface area contributed by atoms with Gasteiger partial charge in [0.1, 0.15) is 0 Å². The van der Waals surface area contributed by atoms with Crippen LogP contribution in [0.1, 0.15) is 11.1 Å². The van der Waals surface area contributed by atoms with Crippen LogP contribution in [-0.2, 0) is 17.8 Å². The maximum absolute atomic E-state index is 12.3. The highest BCUT2D eigenvalue weighted by atomic mass is 32.2. The fourth-order valence-electron chi connectivity index (χ4n) is 2.46. The molecule has 2 aliphatic heterocycles. The summed E-state index contributed by atoms with van der Waals surface area (Å²) < 4.78 is 0. The Bertz CT molecular complexity index is 429. The summed E-state index contributed by atoms with van der Waals surface area (Å²) in [6, 6.07) is 8.46. The molecule has 3 rings (SSSR count). The zero-order valence-corrected chi connectivity index (χ0v) is 10.5. The van der Waals surface area contributed by atoms with Crippen molar-refractivity contribution in [3.8, 4) is 0 Å². The fraction of sp³-hybridized carbons (Fsp3) is 0.462. The van der Waals surface area contributed by atoms with Crippen molar-refractivity contribution in [3.63, 3.8) is 0 Å².